The summed E-state index contributed by atoms with van der Waals surface area (Å²) in [5.41, 5.74) is 0.697. The maximum absolute atomic E-state index is 11.5. The van der Waals surface area contributed by atoms with Gasteiger partial charge in [-0.3, -0.25) is 4.79 Å². The average molecular weight is 216 g/mol. The molecule has 0 aliphatic rings. The second-order valence-corrected chi connectivity index (χ2v) is 3.27. The molecule has 1 unspecified atom stereocenters. The maximum Gasteiger partial charge on any atom is 1.00 e. The predicted molar refractivity (Wildman–Crippen MR) is 49.4 cm³/mol. The molecule has 0 bridgehead atoms. The van der Waals surface area contributed by atoms with Crippen molar-refractivity contribution in [2.75, 3.05) is 6.61 Å². The van der Waals surface area contributed by atoms with E-state index >= 15 is 0 Å². The summed E-state index contributed by atoms with van der Waals surface area (Å²) in [5.74, 6) is -0.00310. The van der Waals surface area contributed by atoms with E-state index in [2.05, 4.69) is 0 Å². The van der Waals surface area contributed by atoms with Crippen molar-refractivity contribution < 1.29 is 61.3 Å². The van der Waals surface area contributed by atoms with Gasteiger partial charge in [-0.2, -0.15) is 0 Å². The molecule has 1 rings (SSSR count). The first-order chi connectivity index (χ1) is 6.24. The molecular formula is C11H13KO2. The minimum atomic E-state index is -0.182. The number of ketones is 1. The van der Waals surface area contributed by atoms with Crippen molar-refractivity contribution in [3.63, 3.8) is 0 Å². The Hall–Kier alpha value is 0.486. The Balaban J connectivity index is 0.00000169. The number of rotatable bonds is 4. The van der Waals surface area contributed by atoms with Crippen molar-refractivity contribution in [2.24, 2.45) is 5.92 Å². The van der Waals surface area contributed by atoms with Crippen LogP contribution in [0.25, 0.3) is 0 Å². The topological polar surface area (TPSA) is 40.1 Å². The molecule has 0 saturated carbocycles. The van der Waals surface area contributed by atoms with Crippen LogP contribution in [0.15, 0.2) is 30.3 Å². The summed E-state index contributed by atoms with van der Waals surface area (Å²) in [5, 5.41) is 10.4. The molecule has 1 atom stereocenters. The fraction of sp³-hybridized carbons (Fsp3) is 0.364. The quantitative estimate of drug-likeness (QED) is 0.443. The van der Waals surface area contributed by atoms with Crippen molar-refractivity contribution >= 4 is 5.78 Å². The molecule has 2 nitrogen and oxygen atoms in total. The second-order valence-electron chi connectivity index (χ2n) is 3.27. The molecule has 0 N–H and O–H groups in total. The zero-order chi connectivity index (χ0) is 9.68. The third kappa shape index (κ3) is 4.82. The molecule has 0 amide bonds. The van der Waals surface area contributed by atoms with Gasteiger partial charge in [0.1, 0.15) is 0 Å². The summed E-state index contributed by atoms with van der Waals surface area (Å²) in [7, 11) is 0. The number of hydrogen-bond donors (Lipinski definition) is 0. The van der Waals surface area contributed by atoms with E-state index in [0.717, 1.165) is 0 Å². The summed E-state index contributed by atoms with van der Waals surface area (Å²) in [6, 6.07) is 9.08. The molecule has 1 aromatic rings. The molecular weight excluding hydrogens is 203 g/mol. The first-order valence-corrected chi connectivity index (χ1v) is 4.40. The number of Topliss-reactive ketones (excluding diaryl/α,β-unsaturated/α-hetero) is 1. The van der Waals surface area contributed by atoms with Crippen LogP contribution in [0.3, 0.4) is 0 Å². The molecule has 0 heterocycles. The monoisotopic (exact) mass is 216 g/mol. The summed E-state index contributed by atoms with van der Waals surface area (Å²) >= 11 is 0. The summed E-state index contributed by atoms with van der Waals surface area (Å²) in [4.78, 5) is 11.5. The van der Waals surface area contributed by atoms with Gasteiger partial charge in [-0.15, -0.1) is 6.61 Å². The van der Waals surface area contributed by atoms with E-state index in [1.165, 1.54) is 0 Å². The Labute approximate surface area is 127 Å². The van der Waals surface area contributed by atoms with Gasteiger partial charge in [0.2, 0.25) is 0 Å². The van der Waals surface area contributed by atoms with Gasteiger partial charge in [-0.05, 0) is 0 Å². The van der Waals surface area contributed by atoms with Gasteiger partial charge in [0.25, 0.3) is 0 Å². The van der Waals surface area contributed by atoms with Crippen LogP contribution in [0.1, 0.15) is 23.7 Å². The first kappa shape index (κ1) is 14.5. The predicted octanol–water partition coefficient (Wildman–Crippen LogP) is -1.74. The normalized spacial score (nSPS) is 11.6. The van der Waals surface area contributed by atoms with Gasteiger partial charge in [0, 0.05) is 12.0 Å². The minimum Gasteiger partial charge on any atom is -0.854 e. The van der Waals surface area contributed by atoms with E-state index in [1.807, 2.05) is 18.2 Å². The van der Waals surface area contributed by atoms with Crippen LogP contribution in [0.5, 0.6) is 0 Å². The van der Waals surface area contributed by atoms with E-state index < -0.39 is 0 Å². The number of carbonyl (C=O) groups is 1. The van der Waals surface area contributed by atoms with Gasteiger partial charge in [-0.1, -0.05) is 43.2 Å². The van der Waals surface area contributed by atoms with Crippen LogP contribution in [0, 0.1) is 5.92 Å². The van der Waals surface area contributed by atoms with Gasteiger partial charge in [0.15, 0.2) is 5.78 Å². The van der Waals surface area contributed by atoms with Gasteiger partial charge in [-0.25, -0.2) is 0 Å². The van der Waals surface area contributed by atoms with Crippen LogP contribution < -0.4 is 56.5 Å². The summed E-state index contributed by atoms with van der Waals surface area (Å²) < 4.78 is 0. The SMILES string of the molecule is CC(C[O-])CC(=O)c1ccccc1.[K+]. The third-order valence-corrected chi connectivity index (χ3v) is 1.91. The molecule has 0 spiro atoms. The Morgan fingerprint density at radius 3 is 2.43 bits per heavy atom. The van der Waals surface area contributed by atoms with E-state index in [1.54, 1.807) is 19.1 Å². The minimum absolute atomic E-state index is 0. The van der Waals surface area contributed by atoms with Gasteiger partial charge < -0.3 is 5.11 Å². The summed E-state index contributed by atoms with van der Waals surface area (Å²) in [6.45, 7) is 1.62. The largest absolute Gasteiger partial charge is 1.00 e. The number of hydrogen-bond acceptors (Lipinski definition) is 2. The summed E-state index contributed by atoms with van der Waals surface area (Å²) in [6.07, 6.45) is 0.355. The Kier molecular flexibility index (Phi) is 8.00. The Morgan fingerprint density at radius 2 is 1.93 bits per heavy atom. The fourth-order valence-corrected chi connectivity index (χ4v) is 1.12. The zero-order valence-corrected chi connectivity index (χ0v) is 11.8. The third-order valence-electron chi connectivity index (χ3n) is 1.91. The van der Waals surface area contributed by atoms with Crippen LogP contribution in [0.4, 0.5) is 0 Å². The molecule has 0 aromatic heterocycles. The van der Waals surface area contributed by atoms with Crippen LogP contribution in [-0.2, 0) is 0 Å². The smallest absolute Gasteiger partial charge is 0.854 e. The molecule has 3 heteroatoms. The zero-order valence-electron chi connectivity index (χ0n) is 8.69. The van der Waals surface area contributed by atoms with Crippen molar-refractivity contribution in [1.82, 2.24) is 0 Å². The van der Waals surface area contributed by atoms with Gasteiger partial charge in [0.05, 0.1) is 0 Å². The molecule has 0 aliphatic carbocycles. The standard InChI is InChI=1S/C11H13O2.K/c1-9(8-12)7-11(13)10-5-3-2-4-6-10;/h2-6,9H,7-8H2,1H3;/q-1;+1. The average Bonchev–Trinajstić information content (AvgIpc) is 2.19. The Bertz CT molecular complexity index is 272. The van der Waals surface area contributed by atoms with E-state index in [0.29, 0.717) is 12.0 Å². The Morgan fingerprint density at radius 1 is 1.36 bits per heavy atom. The van der Waals surface area contributed by atoms with Crippen molar-refractivity contribution in [3.8, 4) is 0 Å². The molecule has 0 fully saturated rings. The molecule has 14 heavy (non-hydrogen) atoms. The maximum atomic E-state index is 11.5. The molecule has 70 valence electrons. The van der Waals surface area contributed by atoms with Gasteiger partial charge >= 0.3 is 51.4 Å². The molecule has 0 radical (unpaired) electrons. The first-order valence-electron chi connectivity index (χ1n) is 4.40. The van der Waals surface area contributed by atoms with Crippen LogP contribution >= 0.6 is 0 Å². The van der Waals surface area contributed by atoms with E-state index in [4.69, 9.17) is 0 Å². The van der Waals surface area contributed by atoms with Crippen molar-refractivity contribution in [2.45, 2.75) is 13.3 Å². The van der Waals surface area contributed by atoms with E-state index in [9.17, 15) is 9.90 Å². The molecule has 0 saturated heterocycles. The van der Waals surface area contributed by atoms with Crippen molar-refractivity contribution in [1.29, 1.82) is 0 Å². The number of carbonyl (C=O) groups excluding carboxylic acids is 1. The second kappa shape index (κ2) is 7.74. The van der Waals surface area contributed by atoms with Crippen molar-refractivity contribution in [3.05, 3.63) is 35.9 Å². The fourth-order valence-electron chi connectivity index (χ4n) is 1.12. The van der Waals surface area contributed by atoms with Crippen LogP contribution in [0.2, 0.25) is 0 Å². The van der Waals surface area contributed by atoms with E-state index in [-0.39, 0.29) is 69.7 Å². The van der Waals surface area contributed by atoms with Crippen LogP contribution in [-0.4, -0.2) is 12.4 Å². The molecule has 1 aromatic carbocycles. The number of benzene rings is 1. The molecule has 0 aliphatic heterocycles.